The van der Waals surface area contributed by atoms with Crippen LogP contribution in [0.15, 0.2) is 84.9 Å². The molecule has 0 aliphatic heterocycles. The van der Waals surface area contributed by atoms with E-state index in [1.807, 2.05) is 88.4 Å². The van der Waals surface area contributed by atoms with Crippen molar-refractivity contribution in [3.63, 3.8) is 0 Å². The van der Waals surface area contributed by atoms with Crippen LogP contribution in [0.4, 0.5) is 5.69 Å². The van der Waals surface area contributed by atoms with Crippen molar-refractivity contribution in [2.45, 2.75) is 52.2 Å². The predicted molar refractivity (Wildman–Crippen MR) is 152 cm³/mol. The highest BCUT2D eigenvalue weighted by Gasteiger charge is 2.34. The minimum Gasteiger partial charge on any atom is -0.350 e. The molecule has 0 heterocycles. The van der Waals surface area contributed by atoms with Gasteiger partial charge in [-0.1, -0.05) is 78.4 Å². The van der Waals surface area contributed by atoms with Gasteiger partial charge in [0.15, 0.2) is 0 Å². The molecule has 0 aliphatic carbocycles. The average molecular weight is 536 g/mol. The molecule has 0 fully saturated rings. The molecule has 0 aliphatic rings. The van der Waals surface area contributed by atoms with Gasteiger partial charge in [0.05, 0.1) is 11.9 Å². The Hall–Kier alpha value is -3.65. The van der Waals surface area contributed by atoms with Crippen molar-refractivity contribution < 1.29 is 18.0 Å². The first-order valence-electron chi connectivity index (χ1n) is 12.6. The number of anilines is 1. The maximum Gasteiger partial charge on any atom is 0.244 e. The Kier molecular flexibility index (Phi) is 9.33. The molecule has 0 saturated carbocycles. The molecule has 1 unspecified atom stereocenters. The first kappa shape index (κ1) is 28.9. The molecule has 3 aromatic carbocycles. The van der Waals surface area contributed by atoms with Gasteiger partial charge in [0.1, 0.15) is 12.6 Å². The van der Waals surface area contributed by atoms with Crippen LogP contribution in [0.1, 0.15) is 37.5 Å². The Morgan fingerprint density at radius 1 is 0.842 bits per heavy atom. The molecular formula is C30H37N3O4S. The van der Waals surface area contributed by atoms with Gasteiger partial charge in [0, 0.05) is 18.5 Å². The van der Waals surface area contributed by atoms with E-state index in [1.54, 1.807) is 24.3 Å². The number of hydrogen-bond donors (Lipinski definition) is 1. The topological polar surface area (TPSA) is 86.8 Å². The summed E-state index contributed by atoms with van der Waals surface area (Å²) >= 11 is 0. The summed E-state index contributed by atoms with van der Waals surface area (Å²) in [7, 11) is -3.78. The predicted octanol–water partition coefficient (Wildman–Crippen LogP) is 4.32. The SMILES string of the molecule is Cc1ccc(N(CC(=O)N(Cc2ccccc2)C(Cc2ccccc2)C(=O)NC(C)(C)C)S(C)(=O)=O)cc1. The smallest absolute Gasteiger partial charge is 0.244 e. The summed E-state index contributed by atoms with van der Waals surface area (Å²) in [6, 6.07) is 25.0. The lowest BCUT2D eigenvalue weighted by molar-refractivity contribution is -0.140. The number of sulfonamides is 1. The molecule has 3 rings (SSSR count). The number of amides is 2. The van der Waals surface area contributed by atoms with Gasteiger partial charge in [-0.2, -0.15) is 0 Å². The summed E-state index contributed by atoms with van der Waals surface area (Å²) < 4.78 is 26.7. The molecule has 0 saturated heterocycles. The lowest BCUT2D eigenvalue weighted by Crippen LogP contribution is -2.56. The molecular weight excluding hydrogens is 498 g/mol. The van der Waals surface area contributed by atoms with Crippen LogP contribution in [-0.2, 0) is 32.6 Å². The largest absolute Gasteiger partial charge is 0.350 e. The van der Waals surface area contributed by atoms with Crippen molar-refractivity contribution >= 4 is 27.5 Å². The fourth-order valence-electron chi connectivity index (χ4n) is 4.11. The molecule has 202 valence electrons. The van der Waals surface area contributed by atoms with E-state index >= 15 is 0 Å². The van der Waals surface area contributed by atoms with Gasteiger partial charge < -0.3 is 10.2 Å². The van der Waals surface area contributed by atoms with Gasteiger partial charge in [-0.05, 0) is 51.0 Å². The van der Waals surface area contributed by atoms with Crippen LogP contribution in [0.25, 0.3) is 0 Å². The van der Waals surface area contributed by atoms with E-state index in [0.29, 0.717) is 5.69 Å². The highest BCUT2D eigenvalue weighted by molar-refractivity contribution is 7.92. The van der Waals surface area contributed by atoms with E-state index in [9.17, 15) is 18.0 Å². The third kappa shape index (κ3) is 8.45. The molecule has 8 heteroatoms. The number of carbonyl (C=O) groups excluding carboxylic acids is 2. The van der Waals surface area contributed by atoms with Crippen LogP contribution >= 0.6 is 0 Å². The number of nitrogens with one attached hydrogen (secondary N) is 1. The highest BCUT2D eigenvalue weighted by Crippen LogP contribution is 2.21. The fraction of sp³-hybridized carbons (Fsp3) is 0.333. The average Bonchev–Trinajstić information content (AvgIpc) is 2.84. The second kappa shape index (κ2) is 12.3. The normalized spacial score (nSPS) is 12.4. The number of nitrogens with zero attached hydrogens (tertiary/aromatic N) is 2. The quantitative estimate of drug-likeness (QED) is 0.419. The van der Waals surface area contributed by atoms with Crippen molar-refractivity contribution in [1.82, 2.24) is 10.2 Å². The van der Waals surface area contributed by atoms with Gasteiger partial charge >= 0.3 is 0 Å². The summed E-state index contributed by atoms with van der Waals surface area (Å²) in [4.78, 5) is 29.1. The molecule has 0 spiro atoms. The van der Waals surface area contributed by atoms with Crippen LogP contribution < -0.4 is 9.62 Å². The molecule has 1 N–H and O–H groups in total. The zero-order chi connectivity index (χ0) is 27.9. The van der Waals surface area contributed by atoms with Crippen molar-refractivity contribution in [2.75, 3.05) is 17.1 Å². The zero-order valence-corrected chi connectivity index (χ0v) is 23.5. The maximum absolute atomic E-state index is 14.0. The molecule has 2 amide bonds. The first-order chi connectivity index (χ1) is 17.8. The Labute approximate surface area is 226 Å². The van der Waals surface area contributed by atoms with E-state index in [2.05, 4.69) is 5.32 Å². The monoisotopic (exact) mass is 535 g/mol. The number of hydrogen-bond acceptors (Lipinski definition) is 4. The van der Waals surface area contributed by atoms with Gasteiger partial charge in [-0.3, -0.25) is 13.9 Å². The minimum atomic E-state index is -3.78. The standard InChI is InChI=1S/C30H37N3O4S/c1-23-16-18-26(19-17-23)33(38(5,36)37)22-28(34)32(21-25-14-10-7-11-15-25)27(29(35)31-30(2,3)4)20-24-12-8-6-9-13-24/h6-19,27H,20-22H2,1-5H3,(H,31,35). The van der Waals surface area contributed by atoms with Crippen LogP contribution in [0.3, 0.4) is 0 Å². The molecule has 0 aromatic heterocycles. The molecule has 7 nitrogen and oxygen atoms in total. The van der Waals surface area contributed by atoms with Crippen LogP contribution in [0.5, 0.6) is 0 Å². The van der Waals surface area contributed by atoms with Crippen molar-refractivity contribution in [3.05, 3.63) is 102 Å². The number of aryl methyl sites for hydroxylation is 1. The van der Waals surface area contributed by atoms with Crippen molar-refractivity contribution in [2.24, 2.45) is 0 Å². The van der Waals surface area contributed by atoms with Gasteiger partial charge in [0.2, 0.25) is 21.8 Å². The highest BCUT2D eigenvalue weighted by atomic mass is 32.2. The summed E-state index contributed by atoms with van der Waals surface area (Å²) in [6.07, 6.45) is 1.36. The van der Waals surface area contributed by atoms with E-state index in [1.165, 1.54) is 4.90 Å². The summed E-state index contributed by atoms with van der Waals surface area (Å²) in [5.74, 6) is -0.767. The lowest BCUT2D eigenvalue weighted by Gasteiger charge is -2.35. The zero-order valence-electron chi connectivity index (χ0n) is 22.7. The van der Waals surface area contributed by atoms with E-state index in [-0.39, 0.29) is 18.9 Å². The van der Waals surface area contributed by atoms with Crippen LogP contribution in [-0.4, -0.2) is 49.5 Å². The second-order valence-corrected chi connectivity index (χ2v) is 12.5. The lowest BCUT2D eigenvalue weighted by atomic mass is 10.0. The third-order valence-corrected chi connectivity index (χ3v) is 7.11. The van der Waals surface area contributed by atoms with Crippen LogP contribution in [0, 0.1) is 6.92 Å². The molecule has 3 aromatic rings. The van der Waals surface area contributed by atoms with Gasteiger partial charge in [-0.15, -0.1) is 0 Å². The number of carbonyl (C=O) groups is 2. The second-order valence-electron chi connectivity index (χ2n) is 10.6. The number of rotatable bonds is 10. The van der Waals surface area contributed by atoms with E-state index in [0.717, 1.165) is 27.3 Å². The Bertz CT molecular complexity index is 1320. The van der Waals surface area contributed by atoms with Gasteiger partial charge in [0.25, 0.3) is 0 Å². The Morgan fingerprint density at radius 2 is 1.37 bits per heavy atom. The van der Waals surface area contributed by atoms with Crippen molar-refractivity contribution in [3.8, 4) is 0 Å². The first-order valence-corrected chi connectivity index (χ1v) is 14.4. The molecule has 38 heavy (non-hydrogen) atoms. The molecule has 0 bridgehead atoms. The van der Waals surface area contributed by atoms with Crippen molar-refractivity contribution in [1.29, 1.82) is 0 Å². The third-order valence-electron chi connectivity index (χ3n) is 5.97. The summed E-state index contributed by atoms with van der Waals surface area (Å²) in [5.41, 5.74) is 2.58. The Balaban J connectivity index is 2.04. The molecule has 0 radical (unpaired) electrons. The minimum absolute atomic E-state index is 0.153. The summed E-state index contributed by atoms with van der Waals surface area (Å²) in [5, 5.41) is 3.02. The number of benzene rings is 3. The van der Waals surface area contributed by atoms with Gasteiger partial charge in [-0.25, -0.2) is 8.42 Å². The fourth-order valence-corrected chi connectivity index (χ4v) is 4.96. The molecule has 1 atom stereocenters. The Morgan fingerprint density at radius 3 is 1.87 bits per heavy atom. The van der Waals surface area contributed by atoms with E-state index < -0.39 is 34.1 Å². The summed E-state index contributed by atoms with van der Waals surface area (Å²) in [6.45, 7) is 7.29. The van der Waals surface area contributed by atoms with E-state index in [4.69, 9.17) is 0 Å². The maximum atomic E-state index is 14.0. The van der Waals surface area contributed by atoms with Crippen LogP contribution in [0.2, 0.25) is 0 Å².